The number of carboxylic acid groups (broad SMARTS) is 1. The van der Waals surface area contributed by atoms with Crippen LogP contribution in [-0.2, 0) is 29.3 Å². The van der Waals surface area contributed by atoms with E-state index >= 15 is 0 Å². The van der Waals surface area contributed by atoms with Gasteiger partial charge in [-0.25, -0.2) is 28.0 Å². The Morgan fingerprint density at radius 2 is 2.00 bits per heavy atom. The molecule has 0 aliphatic rings. The minimum Gasteiger partial charge on any atom is -0.476 e. The van der Waals surface area contributed by atoms with E-state index in [-0.39, 0.29) is 17.0 Å². The lowest BCUT2D eigenvalue weighted by Gasteiger charge is -2.07. The molecule has 32 heavy (non-hydrogen) atoms. The fourth-order valence-corrected chi connectivity index (χ4v) is 4.65. The Labute approximate surface area is 190 Å². The van der Waals surface area contributed by atoms with Crippen LogP contribution in [0.1, 0.15) is 59.2 Å². The summed E-state index contributed by atoms with van der Waals surface area (Å²) < 4.78 is 24.6. The zero-order chi connectivity index (χ0) is 23.3. The number of rotatable bonds is 10. The zero-order valence-corrected chi connectivity index (χ0v) is 19.1. The van der Waals surface area contributed by atoms with Crippen molar-refractivity contribution in [2.45, 2.75) is 50.3 Å². The number of nitrogens with zero attached hydrogens (tertiary/aromatic N) is 4. The summed E-state index contributed by atoms with van der Waals surface area (Å²) in [5.41, 5.74) is 3.12. The Morgan fingerprint density at radius 1 is 1.28 bits per heavy atom. The summed E-state index contributed by atoms with van der Waals surface area (Å²) >= 11 is 1.15. The fourth-order valence-electron chi connectivity index (χ4n) is 3.36. The van der Waals surface area contributed by atoms with Gasteiger partial charge in [-0.15, -0.1) is 11.3 Å². The van der Waals surface area contributed by atoms with Crippen LogP contribution in [0.4, 0.5) is 0 Å². The molecule has 0 bridgehead atoms. The molecule has 0 aliphatic carbocycles. The van der Waals surface area contributed by atoms with Crippen molar-refractivity contribution < 1.29 is 18.3 Å². The zero-order valence-electron chi connectivity index (χ0n) is 17.5. The molecule has 1 aromatic carbocycles. The number of carboxylic acids is 1. The third-order valence-electron chi connectivity index (χ3n) is 4.96. The number of nitrogens with two attached hydrogens (primary N) is 1. The van der Waals surface area contributed by atoms with Gasteiger partial charge in [-0.1, -0.05) is 31.9 Å². The van der Waals surface area contributed by atoms with Gasteiger partial charge in [0, 0.05) is 17.4 Å². The van der Waals surface area contributed by atoms with E-state index in [2.05, 4.69) is 18.0 Å². The van der Waals surface area contributed by atoms with Crippen LogP contribution in [0.25, 0.3) is 5.13 Å². The maximum absolute atomic E-state index is 11.5. The Balaban J connectivity index is 2.05. The average Bonchev–Trinajstić information content (AvgIpc) is 3.35. The summed E-state index contributed by atoms with van der Waals surface area (Å²) in [7, 11) is -3.78. The summed E-state index contributed by atoms with van der Waals surface area (Å²) in [5, 5.41) is 30.4. The fraction of sp³-hybridized carbons (Fsp3) is 0.333. The number of aromatic carboxylic acids is 1. The van der Waals surface area contributed by atoms with Crippen LogP contribution in [0.5, 0.6) is 0 Å². The topological polar surface area (TPSA) is 152 Å². The molecule has 0 amide bonds. The minimum atomic E-state index is -3.78. The Morgan fingerprint density at radius 3 is 2.56 bits per heavy atom. The van der Waals surface area contributed by atoms with Gasteiger partial charge in [-0.05, 0) is 30.5 Å². The third-order valence-corrected chi connectivity index (χ3v) is 6.71. The van der Waals surface area contributed by atoms with Crippen LogP contribution in [0.3, 0.4) is 0 Å². The molecule has 0 atom stereocenters. The number of aryl methyl sites for hydroxylation is 1. The molecular formula is C21H23N5O4S2. The summed E-state index contributed by atoms with van der Waals surface area (Å²) in [6, 6.07) is 8.45. The molecule has 3 rings (SSSR count). The lowest BCUT2D eigenvalue weighted by molar-refractivity contribution is 0.0691. The molecule has 11 heteroatoms. The molecule has 3 N–H and O–H groups in total. The number of aromatic nitrogens is 3. The largest absolute Gasteiger partial charge is 0.476 e. The summed E-state index contributed by atoms with van der Waals surface area (Å²) in [5.74, 6) is -1.13. The van der Waals surface area contributed by atoms with E-state index in [0.29, 0.717) is 23.7 Å². The standard InChI is InChI=1S/C21H23N5O4S2/c1-2-3-4-5-17-16(12-14-6-8-15(9-7-14)32(23,29)30)19(10-11-22)26(25-17)21-24-18(13-31-21)20(27)28/h6-9,13H,2-5,10,12H2,1H3,(H,27,28)(H2,23,29,30). The van der Waals surface area contributed by atoms with E-state index in [0.717, 1.165) is 47.4 Å². The first-order valence-electron chi connectivity index (χ1n) is 10.0. The Bertz CT molecular complexity index is 1250. The van der Waals surface area contributed by atoms with Gasteiger partial charge in [0.25, 0.3) is 0 Å². The molecule has 3 aromatic rings. The van der Waals surface area contributed by atoms with Gasteiger partial charge in [0.15, 0.2) is 5.69 Å². The SMILES string of the molecule is CCCCCc1nn(-c2nc(C(=O)O)cs2)c(CC#N)c1Cc1ccc(S(N)(=O)=O)cc1. The highest BCUT2D eigenvalue weighted by Crippen LogP contribution is 2.26. The number of thiazole rings is 1. The second kappa shape index (κ2) is 10.0. The molecule has 2 heterocycles. The summed E-state index contributed by atoms with van der Waals surface area (Å²) in [6.45, 7) is 2.11. The molecule has 9 nitrogen and oxygen atoms in total. The number of hydrogen-bond donors (Lipinski definition) is 2. The first-order valence-corrected chi connectivity index (χ1v) is 12.4. The van der Waals surface area contributed by atoms with Crippen LogP contribution < -0.4 is 5.14 Å². The molecule has 0 spiro atoms. The smallest absolute Gasteiger partial charge is 0.355 e. The van der Waals surface area contributed by atoms with Gasteiger partial charge >= 0.3 is 5.97 Å². The lowest BCUT2D eigenvalue weighted by atomic mass is 9.99. The van der Waals surface area contributed by atoms with Crippen LogP contribution in [-0.4, -0.2) is 34.3 Å². The molecule has 0 fully saturated rings. The quantitative estimate of drug-likeness (QED) is 0.429. The van der Waals surface area contributed by atoms with Gasteiger partial charge in [-0.3, -0.25) is 0 Å². The molecule has 0 saturated heterocycles. The van der Waals surface area contributed by atoms with Crippen LogP contribution >= 0.6 is 11.3 Å². The van der Waals surface area contributed by atoms with Crippen molar-refractivity contribution in [1.82, 2.24) is 14.8 Å². The van der Waals surface area contributed by atoms with Crippen LogP contribution in [0.15, 0.2) is 34.5 Å². The van der Waals surface area contributed by atoms with E-state index in [1.165, 1.54) is 17.5 Å². The van der Waals surface area contributed by atoms with Gasteiger partial charge < -0.3 is 5.11 Å². The third kappa shape index (κ3) is 5.40. The number of nitriles is 1. The Kier molecular flexibility index (Phi) is 7.40. The van der Waals surface area contributed by atoms with Crippen molar-refractivity contribution in [3.63, 3.8) is 0 Å². The molecule has 0 aliphatic heterocycles. The number of sulfonamides is 1. The van der Waals surface area contributed by atoms with Crippen molar-refractivity contribution in [3.05, 3.63) is 57.9 Å². The van der Waals surface area contributed by atoms with E-state index in [9.17, 15) is 23.6 Å². The Hall–Kier alpha value is -3.07. The average molecular weight is 474 g/mol. The molecule has 2 aromatic heterocycles. The van der Waals surface area contributed by atoms with E-state index in [1.807, 2.05) is 0 Å². The molecule has 0 saturated carbocycles. The molecule has 0 unspecified atom stereocenters. The maximum Gasteiger partial charge on any atom is 0.355 e. The van der Waals surface area contributed by atoms with Crippen molar-refractivity contribution in [2.75, 3.05) is 0 Å². The van der Waals surface area contributed by atoms with Gasteiger partial charge in [-0.2, -0.15) is 10.4 Å². The summed E-state index contributed by atoms with van der Waals surface area (Å²) in [6.07, 6.45) is 4.23. The minimum absolute atomic E-state index is 0.0290. The number of unbranched alkanes of at least 4 members (excludes halogenated alkanes) is 2. The van der Waals surface area contributed by atoms with E-state index in [1.54, 1.807) is 16.8 Å². The highest BCUT2D eigenvalue weighted by Gasteiger charge is 2.22. The number of carbonyl (C=O) groups is 1. The van der Waals surface area contributed by atoms with Gasteiger partial charge in [0.05, 0.1) is 28.8 Å². The maximum atomic E-state index is 11.5. The predicted octanol–water partition coefficient (Wildman–Crippen LogP) is 3.06. The second-order valence-corrected chi connectivity index (χ2v) is 9.66. The van der Waals surface area contributed by atoms with Crippen LogP contribution in [0, 0.1) is 11.3 Å². The van der Waals surface area contributed by atoms with Crippen molar-refractivity contribution in [2.24, 2.45) is 5.14 Å². The first-order chi connectivity index (χ1) is 15.2. The number of benzene rings is 1. The first kappa shape index (κ1) is 23.6. The van der Waals surface area contributed by atoms with Gasteiger partial charge in [0.1, 0.15) is 0 Å². The normalized spacial score (nSPS) is 11.4. The molecule has 0 radical (unpaired) electrons. The van der Waals surface area contributed by atoms with Crippen molar-refractivity contribution in [1.29, 1.82) is 5.26 Å². The lowest BCUT2D eigenvalue weighted by Crippen LogP contribution is -2.12. The number of hydrogen-bond acceptors (Lipinski definition) is 7. The van der Waals surface area contributed by atoms with Crippen LogP contribution in [0.2, 0.25) is 0 Å². The van der Waals surface area contributed by atoms with Gasteiger partial charge in [0.2, 0.25) is 15.2 Å². The predicted molar refractivity (Wildman–Crippen MR) is 119 cm³/mol. The van der Waals surface area contributed by atoms with Crippen molar-refractivity contribution >= 4 is 27.3 Å². The monoisotopic (exact) mass is 473 g/mol. The van der Waals surface area contributed by atoms with Crippen molar-refractivity contribution in [3.8, 4) is 11.2 Å². The molecule has 168 valence electrons. The number of primary sulfonamides is 1. The highest BCUT2D eigenvalue weighted by molar-refractivity contribution is 7.89. The van der Waals surface area contributed by atoms with E-state index < -0.39 is 16.0 Å². The summed E-state index contributed by atoms with van der Waals surface area (Å²) in [4.78, 5) is 15.4. The second-order valence-electron chi connectivity index (χ2n) is 7.26. The highest BCUT2D eigenvalue weighted by atomic mass is 32.2. The molecular weight excluding hydrogens is 450 g/mol. The van der Waals surface area contributed by atoms with E-state index in [4.69, 9.17) is 10.2 Å².